The summed E-state index contributed by atoms with van der Waals surface area (Å²) in [5.41, 5.74) is 0.871. The van der Waals surface area contributed by atoms with Gasteiger partial charge in [0.05, 0.1) is 30.9 Å². The Morgan fingerprint density at radius 3 is 1.98 bits per heavy atom. The highest BCUT2D eigenvalue weighted by atomic mass is 16.5. The molecule has 12 bridgehead atoms. The van der Waals surface area contributed by atoms with E-state index in [1.165, 1.54) is 4.57 Å². The van der Waals surface area contributed by atoms with E-state index in [1.807, 2.05) is 34.9 Å². The van der Waals surface area contributed by atoms with Crippen molar-refractivity contribution in [2.24, 2.45) is 0 Å². The lowest BCUT2D eigenvalue weighted by Crippen LogP contribution is -2.38. The SMILES string of the molecule is CCCCCCn1c2nc(=O)n3c(=O)c-2nc2ccc(cc21)OCCCCCCOc1cccc2cc4c(cccc4cc12)OCCCCCC3. The number of hydrogen-bond acceptors (Lipinski definition) is 7. The molecule has 7 aliphatic heterocycles. The van der Waals surface area contributed by atoms with E-state index in [4.69, 9.17) is 19.2 Å². The quantitative estimate of drug-likeness (QED) is 0.132. The van der Waals surface area contributed by atoms with Crippen LogP contribution in [-0.4, -0.2) is 38.9 Å². The minimum Gasteiger partial charge on any atom is -0.494 e. The van der Waals surface area contributed by atoms with Gasteiger partial charge in [-0.2, -0.15) is 4.98 Å². The smallest absolute Gasteiger partial charge is 0.352 e. The van der Waals surface area contributed by atoms with E-state index in [2.05, 4.69) is 48.3 Å². The van der Waals surface area contributed by atoms with Crippen molar-refractivity contribution in [1.82, 2.24) is 19.1 Å². The summed E-state index contributed by atoms with van der Waals surface area (Å²) in [4.78, 5) is 36.3. The van der Waals surface area contributed by atoms with Gasteiger partial charge in [-0.1, -0.05) is 63.3 Å². The summed E-state index contributed by atoms with van der Waals surface area (Å²) < 4.78 is 22.0. The fourth-order valence-corrected chi connectivity index (χ4v) is 7.14. The fourth-order valence-electron chi connectivity index (χ4n) is 7.14. The first kappa shape index (κ1) is 34.5. The molecule has 7 aliphatic rings. The normalized spacial score (nSPS) is 15.2. The van der Waals surface area contributed by atoms with Gasteiger partial charge in [0.1, 0.15) is 17.2 Å². The van der Waals surface area contributed by atoms with Crippen LogP contribution in [0, 0.1) is 0 Å². The molecule has 0 saturated carbocycles. The van der Waals surface area contributed by atoms with Crippen LogP contribution in [0.1, 0.15) is 84.0 Å². The molecule has 7 heterocycles. The number of aromatic nitrogens is 4. The Morgan fingerprint density at radius 2 is 1.31 bits per heavy atom. The van der Waals surface area contributed by atoms with Crippen molar-refractivity contribution < 1.29 is 14.2 Å². The van der Waals surface area contributed by atoms with Crippen LogP contribution in [0.4, 0.5) is 0 Å². The average molecular weight is 689 g/mol. The molecule has 266 valence electrons. The first-order chi connectivity index (χ1) is 25.1. The zero-order valence-corrected chi connectivity index (χ0v) is 29.7. The van der Waals surface area contributed by atoms with Crippen molar-refractivity contribution in [1.29, 1.82) is 0 Å². The largest absolute Gasteiger partial charge is 0.494 e. The lowest BCUT2D eigenvalue weighted by atomic mass is 10.0. The third-order valence-electron chi connectivity index (χ3n) is 9.95. The van der Waals surface area contributed by atoms with Crippen LogP contribution in [0.25, 0.3) is 44.1 Å². The molecule has 0 aromatic heterocycles. The van der Waals surface area contributed by atoms with Gasteiger partial charge in [0.2, 0.25) is 0 Å². The zero-order valence-electron chi connectivity index (χ0n) is 29.7. The summed E-state index contributed by atoms with van der Waals surface area (Å²) in [6, 6.07) is 22.6. The maximum Gasteiger partial charge on any atom is 0.352 e. The van der Waals surface area contributed by atoms with Crippen LogP contribution in [0.2, 0.25) is 0 Å². The minimum atomic E-state index is -0.517. The Hall–Kier alpha value is -4.92. The zero-order chi connectivity index (χ0) is 35.0. The van der Waals surface area contributed by atoms with Gasteiger partial charge in [0.25, 0.3) is 5.56 Å². The third-order valence-corrected chi connectivity index (χ3v) is 9.95. The second kappa shape index (κ2) is 16.4. The van der Waals surface area contributed by atoms with Gasteiger partial charge in [0, 0.05) is 29.9 Å². The van der Waals surface area contributed by atoms with E-state index in [0.717, 1.165) is 115 Å². The predicted molar refractivity (Wildman–Crippen MR) is 204 cm³/mol. The van der Waals surface area contributed by atoms with Gasteiger partial charge < -0.3 is 18.8 Å². The van der Waals surface area contributed by atoms with Crippen molar-refractivity contribution >= 4 is 32.6 Å². The van der Waals surface area contributed by atoms with Gasteiger partial charge in [-0.15, -0.1) is 0 Å². The van der Waals surface area contributed by atoms with Crippen molar-refractivity contribution in [2.75, 3.05) is 19.8 Å². The van der Waals surface area contributed by atoms with E-state index in [1.54, 1.807) is 0 Å². The molecular formula is C42H48N4O5. The first-order valence-corrected chi connectivity index (χ1v) is 18.9. The second-order valence-electron chi connectivity index (χ2n) is 13.7. The lowest BCUT2D eigenvalue weighted by molar-refractivity contribution is 0.289. The van der Waals surface area contributed by atoms with Crippen LogP contribution >= 0.6 is 0 Å². The highest BCUT2D eigenvalue weighted by molar-refractivity contribution is 6.03. The lowest BCUT2D eigenvalue weighted by Gasteiger charge is -2.18. The predicted octanol–water partition coefficient (Wildman–Crippen LogP) is 8.92. The minimum absolute atomic E-state index is 0.242. The highest BCUT2D eigenvalue weighted by Crippen LogP contribution is 2.34. The number of rotatable bonds is 5. The van der Waals surface area contributed by atoms with E-state index < -0.39 is 5.69 Å². The van der Waals surface area contributed by atoms with Crippen LogP contribution in [0.15, 0.2) is 76.3 Å². The molecule has 4 aromatic carbocycles. The number of nitrogens with zero attached hydrogens (tertiary/aromatic N) is 4. The summed E-state index contributed by atoms with van der Waals surface area (Å²) in [6.45, 7) is 4.99. The molecule has 11 rings (SSSR count). The van der Waals surface area contributed by atoms with Gasteiger partial charge in [-0.3, -0.25) is 9.36 Å². The standard InChI is InChI=1S/C42H48N4O5/c1-2-3-4-9-22-45-36-29-32-20-21-35(36)43-39-40(45)44-42(48)46(41(39)47)23-10-5-6-12-25-50-37-18-14-16-30-28-34-31(27-33(30)37)17-15-19-38(34)51-26-13-8-7-11-24-49-32/h14-21,27-29H,2-13,22-26H2,1H3. The molecule has 0 aliphatic carbocycles. The topological polar surface area (TPSA) is 97.5 Å². The molecule has 0 spiro atoms. The van der Waals surface area contributed by atoms with Crippen LogP contribution in [-0.2, 0) is 13.1 Å². The van der Waals surface area contributed by atoms with E-state index in [9.17, 15) is 9.59 Å². The summed E-state index contributed by atoms with van der Waals surface area (Å²) >= 11 is 0. The highest BCUT2D eigenvalue weighted by Gasteiger charge is 2.22. The van der Waals surface area contributed by atoms with E-state index >= 15 is 0 Å². The van der Waals surface area contributed by atoms with E-state index in [0.29, 0.717) is 50.7 Å². The maximum absolute atomic E-state index is 13.7. The van der Waals surface area contributed by atoms with Crippen LogP contribution < -0.4 is 25.5 Å². The third kappa shape index (κ3) is 7.87. The van der Waals surface area contributed by atoms with Crippen molar-refractivity contribution in [3.05, 3.63) is 87.6 Å². The van der Waals surface area contributed by atoms with Gasteiger partial charge in [0.15, 0.2) is 11.5 Å². The number of ether oxygens (including phenoxy) is 3. The molecule has 0 saturated heterocycles. The number of unbranched alkanes of at least 4 members (excludes halogenated alkanes) is 3. The Morgan fingerprint density at radius 1 is 0.667 bits per heavy atom. The second-order valence-corrected chi connectivity index (χ2v) is 13.7. The Bertz CT molecular complexity index is 2210. The van der Waals surface area contributed by atoms with Crippen LogP contribution in [0.5, 0.6) is 17.2 Å². The Labute approximate surface area is 298 Å². The molecular weight excluding hydrogens is 640 g/mol. The molecule has 9 nitrogen and oxygen atoms in total. The molecule has 0 unspecified atom stereocenters. The number of benzene rings is 4. The molecule has 4 aromatic rings. The maximum atomic E-state index is 13.7. The summed E-state index contributed by atoms with van der Waals surface area (Å²) in [7, 11) is 0. The Kier molecular flexibility index (Phi) is 11.1. The van der Waals surface area contributed by atoms with Crippen LogP contribution in [0.3, 0.4) is 0 Å². The van der Waals surface area contributed by atoms with Gasteiger partial charge in [-0.25, -0.2) is 9.78 Å². The fraction of sp³-hybridized carbons (Fsp3) is 0.429. The van der Waals surface area contributed by atoms with E-state index in [-0.39, 0.29) is 11.3 Å². The summed E-state index contributed by atoms with van der Waals surface area (Å²) in [5.74, 6) is 2.88. The van der Waals surface area contributed by atoms with Crippen molar-refractivity contribution in [2.45, 2.75) is 97.1 Å². The summed E-state index contributed by atoms with van der Waals surface area (Å²) in [5, 5.41) is 4.44. The molecule has 0 N–H and O–H groups in total. The molecule has 9 heteroatoms. The molecule has 0 radical (unpaired) electrons. The molecule has 0 amide bonds. The molecule has 51 heavy (non-hydrogen) atoms. The number of aryl methyl sites for hydroxylation is 1. The molecule has 0 fully saturated rings. The summed E-state index contributed by atoms with van der Waals surface area (Å²) in [6.07, 6.45) is 11.5. The number of hydrogen-bond donors (Lipinski definition) is 0. The average Bonchev–Trinajstić information content (AvgIpc) is 3.14. The van der Waals surface area contributed by atoms with Crippen molar-refractivity contribution in [3.63, 3.8) is 0 Å². The van der Waals surface area contributed by atoms with Gasteiger partial charge >= 0.3 is 5.69 Å². The van der Waals surface area contributed by atoms with Gasteiger partial charge in [-0.05, 0) is 92.1 Å². The Balaban J connectivity index is 1.14. The first-order valence-electron chi connectivity index (χ1n) is 18.9. The monoisotopic (exact) mass is 688 g/mol. The molecule has 0 atom stereocenters. The van der Waals surface area contributed by atoms with Crippen molar-refractivity contribution in [3.8, 4) is 28.8 Å².